The number of rotatable bonds is 14. The third-order valence-electron chi connectivity index (χ3n) is 3.82. The molecule has 5 heteroatoms. The first-order valence-corrected chi connectivity index (χ1v) is 8.51. The van der Waals surface area contributed by atoms with Crippen LogP contribution in [0.2, 0.25) is 0 Å². The van der Waals surface area contributed by atoms with Crippen LogP contribution in [0.4, 0.5) is 0 Å². The van der Waals surface area contributed by atoms with E-state index < -0.39 is 5.97 Å². The molecule has 22 heavy (non-hydrogen) atoms. The Balaban J connectivity index is 0. The summed E-state index contributed by atoms with van der Waals surface area (Å²) < 4.78 is 0. The summed E-state index contributed by atoms with van der Waals surface area (Å²) in [6, 6.07) is 0. The fourth-order valence-corrected chi connectivity index (χ4v) is 2.34. The number of carbonyl (C=O) groups excluding carboxylic acids is 2. The Hall–Kier alpha value is -0.0600. The summed E-state index contributed by atoms with van der Waals surface area (Å²) in [5.41, 5.74) is 0. The van der Waals surface area contributed by atoms with Gasteiger partial charge >= 0.3 is 29.6 Å². The van der Waals surface area contributed by atoms with E-state index in [1.807, 2.05) is 0 Å². The van der Waals surface area contributed by atoms with Crippen LogP contribution < -0.4 is 34.7 Å². The Labute approximate surface area is 158 Å². The number of hydrogen-bond acceptors (Lipinski definition) is 3. The molecular weight excluding hydrogens is 289 g/mol. The van der Waals surface area contributed by atoms with Crippen LogP contribution in [0.15, 0.2) is 0 Å². The topological polar surface area (TPSA) is 60.4 Å². The Morgan fingerprint density at radius 1 is 0.818 bits per heavy atom. The maximum absolute atomic E-state index is 11.7. The summed E-state index contributed by atoms with van der Waals surface area (Å²) >= 11 is 0. The summed E-state index contributed by atoms with van der Waals surface area (Å²) in [7, 11) is 1.65. The second-order valence-electron chi connectivity index (χ2n) is 5.87. The van der Waals surface area contributed by atoms with Crippen molar-refractivity contribution in [1.29, 1.82) is 0 Å². The molecule has 0 atom stereocenters. The second kappa shape index (κ2) is 17.3. The minimum Gasteiger partial charge on any atom is -0.550 e. The number of hydrogen-bond donors (Lipinski definition) is 0. The van der Waals surface area contributed by atoms with Crippen LogP contribution in [-0.2, 0) is 9.59 Å². The molecule has 1 amide bonds. The molecule has 0 aromatic carbocycles. The maximum Gasteiger partial charge on any atom is 1.00 e. The van der Waals surface area contributed by atoms with Gasteiger partial charge in [-0.1, -0.05) is 64.7 Å². The number of carboxylic acid groups (broad SMARTS) is 1. The van der Waals surface area contributed by atoms with Gasteiger partial charge < -0.3 is 14.8 Å². The molecule has 0 aromatic heterocycles. The third kappa shape index (κ3) is 16.3. The van der Waals surface area contributed by atoms with E-state index in [0.29, 0.717) is 6.42 Å². The quantitative estimate of drug-likeness (QED) is 0.332. The molecule has 0 N–H and O–H groups in total. The van der Waals surface area contributed by atoms with Crippen LogP contribution in [-0.4, -0.2) is 30.4 Å². The average molecular weight is 321 g/mol. The molecule has 0 heterocycles. The van der Waals surface area contributed by atoms with Crippen molar-refractivity contribution in [2.45, 2.75) is 84.0 Å². The van der Waals surface area contributed by atoms with E-state index in [1.54, 1.807) is 7.05 Å². The first kappa shape index (κ1) is 24.2. The molecule has 0 aliphatic carbocycles. The van der Waals surface area contributed by atoms with Gasteiger partial charge in [0.05, 0.1) is 0 Å². The molecule has 4 nitrogen and oxygen atoms in total. The molecular formula is C17H32NNaO3. The Bertz CT molecular complexity index is 285. The molecule has 0 rings (SSSR count). The van der Waals surface area contributed by atoms with Gasteiger partial charge in [-0.3, -0.25) is 4.79 Å². The fourth-order valence-electron chi connectivity index (χ4n) is 2.34. The zero-order valence-electron chi connectivity index (χ0n) is 14.9. The van der Waals surface area contributed by atoms with Gasteiger partial charge in [0.25, 0.3) is 0 Å². The van der Waals surface area contributed by atoms with E-state index in [2.05, 4.69) is 6.92 Å². The van der Waals surface area contributed by atoms with Crippen LogP contribution in [0.3, 0.4) is 0 Å². The Morgan fingerprint density at radius 2 is 1.27 bits per heavy atom. The molecule has 0 aliphatic heterocycles. The molecule has 0 unspecified atom stereocenters. The number of amides is 1. The molecule has 0 radical (unpaired) electrons. The standard InChI is InChI=1S/C17H33NO3.Na/c1-3-4-5-6-7-8-9-10-11-12-13-16(19)18(2)15-14-17(20)21;/h3-15H2,1-2H3,(H,20,21);/q;+1/p-1. The van der Waals surface area contributed by atoms with Gasteiger partial charge in [0.1, 0.15) is 0 Å². The second-order valence-corrected chi connectivity index (χ2v) is 5.87. The predicted molar refractivity (Wildman–Crippen MR) is 83.7 cm³/mol. The molecule has 0 spiro atoms. The summed E-state index contributed by atoms with van der Waals surface area (Å²) in [6.07, 6.45) is 12.9. The third-order valence-corrected chi connectivity index (χ3v) is 3.82. The van der Waals surface area contributed by atoms with Gasteiger partial charge in [0.15, 0.2) is 0 Å². The monoisotopic (exact) mass is 321 g/mol. The van der Waals surface area contributed by atoms with E-state index in [9.17, 15) is 14.7 Å². The van der Waals surface area contributed by atoms with E-state index >= 15 is 0 Å². The van der Waals surface area contributed by atoms with Gasteiger partial charge in [0, 0.05) is 32.4 Å². The number of carboxylic acids is 1. The van der Waals surface area contributed by atoms with Gasteiger partial charge in [-0.2, -0.15) is 0 Å². The van der Waals surface area contributed by atoms with Crippen molar-refractivity contribution in [3.63, 3.8) is 0 Å². The summed E-state index contributed by atoms with van der Waals surface area (Å²) in [5, 5.41) is 10.3. The van der Waals surface area contributed by atoms with Crippen molar-refractivity contribution in [1.82, 2.24) is 4.90 Å². The normalized spacial score (nSPS) is 10.1. The summed E-state index contributed by atoms with van der Waals surface area (Å²) in [6.45, 7) is 2.48. The number of unbranched alkanes of at least 4 members (excludes halogenated alkanes) is 9. The van der Waals surface area contributed by atoms with Gasteiger partial charge in [-0.05, 0) is 6.42 Å². The van der Waals surface area contributed by atoms with Crippen LogP contribution in [0.1, 0.15) is 84.0 Å². The SMILES string of the molecule is CCCCCCCCCCCCC(=O)N(C)CCC(=O)[O-].[Na+]. The molecule has 0 saturated carbocycles. The minimum atomic E-state index is -1.10. The number of nitrogens with zero attached hydrogens (tertiary/aromatic N) is 1. The molecule has 0 aliphatic rings. The first-order valence-electron chi connectivity index (χ1n) is 8.51. The van der Waals surface area contributed by atoms with Crippen molar-refractivity contribution in [3.8, 4) is 0 Å². The number of aliphatic carboxylic acids is 1. The minimum absolute atomic E-state index is 0. The van der Waals surface area contributed by atoms with Crippen molar-refractivity contribution in [2.75, 3.05) is 13.6 Å². The van der Waals surface area contributed by atoms with Crippen molar-refractivity contribution < 1.29 is 44.3 Å². The molecule has 0 bridgehead atoms. The van der Waals surface area contributed by atoms with Gasteiger partial charge in [-0.15, -0.1) is 0 Å². The van der Waals surface area contributed by atoms with Crippen LogP contribution in [0.25, 0.3) is 0 Å². The van der Waals surface area contributed by atoms with Crippen molar-refractivity contribution in [3.05, 3.63) is 0 Å². The van der Waals surface area contributed by atoms with E-state index in [-0.39, 0.29) is 48.4 Å². The molecule has 0 fully saturated rings. The van der Waals surface area contributed by atoms with E-state index in [1.165, 1.54) is 56.3 Å². The van der Waals surface area contributed by atoms with Crippen molar-refractivity contribution in [2.24, 2.45) is 0 Å². The van der Waals surface area contributed by atoms with Crippen LogP contribution >= 0.6 is 0 Å². The van der Waals surface area contributed by atoms with Crippen LogP contribution in [0, 0.1) is 0 Å². The number of carbonyl (C=O) groups is 2. The summed E-state index contributed by atoms with van der Waals surface area (Å²) in [4.78, 5) is 23.5. The average Bonchev–Trinajstić information content (AvgIpc) is 2.46. The maximum atomic E-state index is 11.7. The van der Waals surface area contributed by atoms with Gasteiger partial charge in [-0.25, -0.2) is 0 Å². The zero-order chi connectivity index (χ0) is 15.9. The largest absolute Gasteiger partial charge is 1.00 e. The predicted octanol–water partition coefficient (Wildman–Crippen LogP) is -0.100. The Kier molecular flexibility index (Phi) is 19.0. The molecule has 0 saturated heterocycles. The Morgan fingerprint density at radius 3 is 1.73 bits per heavy atom. The van der Waals surface area contributed by atoms with E-state index in [0.717, 1.165) is 12.8 Å². The van der Waals surface area contributed by atoms with Crippen LogP contribution in [0.5, 0.6) is 0 Å². The van der Waals surface area contributed by atoms with Gasteiger partial charge in [0.2, 0.25) is 5.91 Å². The van der Waals surface area contributed by atoms with E-state index in [4.69, 9.17) is 0 Å². The fraction of sp³-hybridized carbons (Fsp3) is 0.882. The smallest absolute Gasteiger partial charge is 0.550 e. The molecule has 0 aromatic rings. The molecule has 124 valence electrons. The summed E-state index contributed by atoms with van der Waals surface area (Å²) in [5.74, 6) is -1.07. The van der Waals surface area contributed by atoms with Crippen molar-refractivity contribution >= 4 is 11.9 Å². The zero-order valence-corrected chi connectivity index (χ0v) is 16.9. The first-order chi connectivity index (χ1) is 10.1.